The van der Waals surface area contributed by atoms with Gasteiger partial charge in [0.1, 0.15) is 37.4 Å². The summed E-state index contributed by atoms with van der Waals surface area (Å²) in [6, 6.07) is 19.7. The topological polar surface area (TPSA) is 85.7 Å². The lowest BCUT2D eigenvalue weighted by Gasteiger charge is -2.14. The first kappa shape index (κ1) is 25.4. The Labute approximate surface area is 195 Å². The molecule has 1 heterocycles. The number of halogens is 1. The van der Waals surface area contributed by atoms with Gasteiger partial charge >= 0.3 is 6.01 Å². The van der Waals surface area contributed by atoms with Crippen LogP contribution in [0.5, 0.6) is 17.5 Å². The number of hydrogen-bond donors (Lipinski definition) is 2. The second kappa shape index (κ2) is 15.0. The largest absolute Gasteiger partial charge is 0.491 e. The zero-order chi connectivity index (χ0) is 21.6. The molecule has 1 aromatic heterocycles. The van der Waals surface area contributed by atoms with Crippen molar-refractivity contribution >= 4 is 12.4 Å². The number of nitrogens with one attached hydrogen (secondary N) is 1. The van der Waals surface area contributed by atoms with Gasteiger partial charge in [0.05, 0.1) is 0 Å². The molecule has 8 heteroatoms. The number of nitrogens with zero attached hydrogens (tertiary/aromatic N) is 2. The summed E-state index contributed by atoms with van der Waals surface area (Å²) in [5.74, 6) is 1.40. The molecular weight excluding hydrogens is 430 g/mol. The summed E-state index contributed by atoms with van der Waals surface area (Å²) in [5.41, 5.74) is 1.33. The first-order chi connectivity index (χ1) is 15.3. The van der Waals surface area contributed by atoms with Gasteiger partial charge in [-0.2, -0.15) is 0 Å². The van der Waals surface area contributed by atoms with Crippen molar-refractivity contribution in [2.75, 3.05) is 32.9 Å². The number of aryl methyl sites for hydroxylation is 1. The van der Waals surface area contributed by atoms with E-state index in [4.69, 9.17) is 14.2 Å². The molecule has 2 N–H and O–H groups in total. The summed E-state index contributed by atoms with van der Waals surface area (Å²) in [4.78, 5) is 7.96. The summed E-state index contributed by atoms with van der Waals surface area (Å²) in [7, 11) is 0. The predicted octanol–water partition coefficient (Wildman–Crippen LogP) is 3.32. The van der Waals surface area contributed by atoms with E-state index in [0.29, 0.717) is 37.3 Å². The Bertz CT molecular complexity index is 854. The second-order valence-corrected chi connectivity index (χ2v) is 6.96. The van der Waals surface area contributed by atoms with Crippen molar-refractivity contribution in [2.45, 2.75) is 18.9 Å². The van der Waals surface area contributed by atoms with Crippen molar-refractivity contribution in [3.63, 3.8) is 0 Å². The van der Waals surface area contributed by atoms with Gasteiger partial charge in [-0.15, -0.1) is 12.4 Å². The molecule has 0 saturated heterocycles. The van der Waals surface area contributed by atoms with Crippen LogP contribution in [0.3, 0.4) is 0 Å². The first-order valence-corrected chi connectivity index (χ1v) is 10.5. The van der Waals surface area contributed by atoms with E-state index in [1.54, 1.807) is 18.5 Å². The van der Waals surface area contributed by atoms with Crippen LogP contribution < -0.4 is 19.5 Å². The monoisotopic (exact) mass is 459 g/mol. The van der Waals surface area contributed by atoms with Crippen molar-refractivity contribution in [3.8, 4) is 17.5 Å². The maximum absolute atomic E-state index is 10.1. The molecule has 32 heavy (non-hydrogen) atoms. The molecule has 1 atom stereocenters. The smallest absolute Gasteiger partial charge is 0.316 e. The van der Waals surface area contributed by atoms with Crippen LogP contribution in [0.25, 0.3) is 0 Å². The van der Waals surface area contributed by atoms with Crippen LogP contribution in [0.2, 0.25) is 0 Å². The number of aromatic nitrogens is 2. The van der Waals surface area contributed by atoms with Gasteiger partial charge in [-0.25, -0.2) is 9.97 Å². The maximum Gasteiger partial charge on any atom is 0.316 e. The van der Waals surface area contributed by atoms with Crippen molar-refractivity contribution in [1.29, 1.82) is 0 Å². The van der Waals surface area contributed by atoms with Crippen LogP contribution in [0.1, 0.15) is 12.0 Å². The summed E-state index contributed by atoms with van der Waals surface area (Å²) in [6.07, 6.45) is 4.75. The molecule has 0 fully saturated rings. The molecule has 0 amide bonds. The second-order valence-electron chi connectivity index (χ2n) is 6.96. The van der Waals surface area contributed by atoms with E-state index >= 15 is 0 Å². The fourth-order valence-corrected chi connectivity index (χ4v) is 2.87. The van der Waals surface area contributed by atoms with Crippen molar-refractivity contribution in [2.24, 2.45) is 0 Å². The minimum atomic E-state index is -0.565. The number of benzene rings is 2. The Balaban J connectivity index is 0.00000363. The number of ether oxygens (including phenoxy) is 3. The third-order valence-corrected chi connectivity index (χ3v) is 4.43. The normalized spacial score (nSPS) is 11.3. The van der Waals surface area contributed by atoms with Gasteiger partial charge in [-0.1, -0.05) is 30.3 Å². The summed E-state index contributed by atoms with van der Waals surface area (Å²) < 4.78 is 16.6. The third-order valence-electron chi connectivity index (χ3n) is 4.43. The highest BCUT2D eigenvalue weighted by molar-refractivity contribution is 5.85. The van der Waals surface area contributed by atoms with Crippen molar-refractivity contribution in [3.05, 3.63) is 78.6 Å². The van der Waals surface area contributed by atoms with Crippen LogP contribution in [0.15, 0.2) is 73.1 Å². The highest BCUT2D eigenvalue weighted by Crippen LogP contribution is 2.17. The summed E-state index contributed by atoms with van der Waals surface area (Å²) in [6.45, 7) is 2.33. The highest BCUT2D eigenvalue weighted by atomic mass is 35.5. The van der Waals surface area contributed by atoms with E-state index in [0.717, 1.165) is 19.4 Å². The minimum absolute atomic E-state index is 0. The Hall–Kier alpha value is -2.87. The Morgan fingerprint density at radius 2 is 1.47 bits per heavy atom. The first-order valence-electron chi connectivity index (χ1n) is 10.5. The maximum atomic E-state index is 10.1. The van der Waals surface area contributed by atoms with Crippen LogP contribution in [-0.2, 0) is 6.42 Å². The number of rotatable bonds is 14. The van der Waals surface area contributed by atoms with E-state index < -0.39 is 6.10 Å². The van der Waals surface area contributed by atoms with Gasteiger partial charge in [0.2, 0.25) is 0 Å². The highest BCUT2D eigenvalue weighted by Gasteiger charge is 2.05. The van der Waals surface area contributed by atoms with Crippen LogP contribution in [-0.4, -0.2) is 54.1 Å². The lowest BCUT2D eigenvalue weighted by molar-refractivity contribution is 0.106. The molecular formula is C24H30ClN3O4. The zero-order valence-corrected chi connectivity index (χ0v) is 18.7. The predicted molar refractivity (Wildman–Crippen MR) is 126 cm³/mol. The Morgan fingerprint density at radius 1 is 0.812 bits per heavy atom. The zero-order valence-electron chi connectivity index (χ0n) is 17.9. The van der Waals surface area contributed by atoms with E-state index in [-0.39, 0.29) is 19.0 Å². The number of aliphatic hydroxyl groups is 1. The Morgan fingerprint density at radius 3 is 2.19 bits per heavy atom. The van der Waals surface area contributed by atoms with E-state index in [9.17, 15) is 5.11 Å². The van der Waals surface area contributed by atoms with Crippen LogP contribution >= 0.6 is 12.4 Å². The quantitative estimate of drug-likeness (QED) is 0.358. The molecule has 0 aliphatic rings. The van der Waals surface area contributed by atoms with Crippen molar-refractivity contribution in [1.82, 2.24) is 15.3 Å². The fraction of sp³-hybridized carbons (Fsp3) is 0.333. The van der Waals surface area contributed by atoms with E-state index in [1.165, 1.54) is 5.56 Å². The minimum Gasteiger partial charge on any atom is -0.491 e. The average molecular weight is 460 g/mol. The van der Waals surface area contributed by atoms with Gasteiger partial charge in [-0.3, -0.25) is 0 Å². The molecule has 0 radical (unpaired) electrons. The molecule has 0 aliphatic heterocycles. The average Bonchev–Trinajstić information content (AvgIpc) is 2.82. The molecule has 0 bridgehead atoms. The third kappa shape index (κ3) is 9.96. The summed E-state index contributed by atoms with van der Waals surface area (Å²) in [5, 5.41) is 13.4. The molecule has 3 rings (SSSR count). The number of aliphatic hydroxyl groups excluding tert-OH is 1. The van der Waals surface area contributed by atoms with Crippen molar-refractivity contribution < 1.29 is 19.3 Å². The molecule has 7 nitrogen and oxygen atoms in total. The molecule has 2 aromatic carbocycles. The molecule has 1 unspecified atom stereocenters. The lowest BCUT2D eigenvalue weighted by Crippen LogP contribution is -2.32. The van der Waals surface area contributed by atoms with Gasteiger partial charge < -0.3 is 24.6 Å². The van der Waals surface area contributed by atoms with E-state index in [2.05, 4.69) is 39.6 Å². The molecule has 172 valence electrons. The molecule has 0 saturated carbocycles. The molecule has 0 spiro atoms. The molecule has 3 aromatic rings. The van der Waals surface area contributed by atoms with E-state index in [1.807, 2.05) is 30.3 Å². The molecule has 0 aliphatic carbocycles. The van der Waals surface area contributed by atoms with Gasteiger partial charge in [-0.05, 0) is 55.3 Å². The lowest BCUT2D eigenvalue weighted by atomic mass is 10.1. The van der Waals surface area contributed by atoms with Crippen LogP contribution in [0, 0.1) is 0 Å². The fourth-order valence-electron chi connectivity index (χ4n) is 2.87. The SMILES string of the molecule is Cl.OC(CNCCCc1ccccc1)COc1ccc(OCCOc2ncccn2)cc1. The van der Waals surface area contributed by atoms with Gasteiger partial charge in [0.15, 0.2) is 0 Å². The number of hydrogen-bond acceptors (Lipinski definition) is 7. The standard InChI is InChI=1S/C24H29N3O4.ClH/c28-21(18-25-13-4-8-20-6-2-1-3-7-20)19-31-23-11-9-22(10-12-23)29-16-17-30-24-26-14-5-15-27-24;/h1-3,5-7,9-12,14-15,21,25,28H,4,8,13,16-19H2;1H. The summed E-state index contributed by atoms with van der Waals surface area (Å²) >= 11 is 0. The van der Waals surface area contributed by atoms with Crippen LogP contribution in [0.4, 0.5) is 0 Å². The van der Waals surface area contributed by atoms with Gasteiger partial charge in [0.25, 0.3) is 0 Å². The Kier molecular flexibility index (Phi) is 11.9. The van der Waals surface area contributed by atoms with Gasteiger partial charge in [0, 0.05) is 18.9 Å².